The van der Waals surface area contributed by atoms with Crippen LogP contribution >= 0.6 is 0 Å². The van der Waals surface area contributed by atoms with Gasteiger partial charge in [0.15, 0.2) is 5.82 Å². The van der Waals surface area contributed by atoms with E-state index < -0.39 is 5.97 Å². The molecule has 0 amide bonds. The summed E-state index contributed by atoms with van der Waals surface area (Å²) < 4.78 is 1.96. The normalized spacial score (nSPS) is 11.1. The molecule has 0 atom stereocenters. The van der Waals surface area contributed by atoms with Gasteiger partial charge in [0, 0.05) is 24.6 Å². The summed E-state index contributed by atoms with van der Waals surface area (Å²) in [6.45, 7) is 7.07. The summed E-state index contributed by atoms with van der Waals surface area (Å²) >= 11 is 0. The number of carbonyl (C=O) groups is 1. The summed E-state index contributed by atoms with van der Waals surface area (Å²) in [5.74, 6) is 1.45. The number of aryl methyl sites for hydroxylation is 1. The van der Waals surface area contributed by atoms with Gasteiger partial charge in [-0.2, -0.15) is 5.10 Å². The molecule has 6 nitrogen and oxygen atoms in total. The lowest BCUT2D eigenvalue weighted by atomic mass is 10.0. The summed E-state index contributed by atoms with van der Waals surface area (Å²) in [6.07, 6.45) is 4.56. The summed E-state index contributed by atoms with van der Waals surface area (Å²) in [7, 11) is 0. The fraction of sp³-hybridized carbons (Fsp3) is 0.364. The Bertz CT molecular complexity index is 945. The second-order valence-electron chi connectivity index (χ2n) is 7.35. The monoisotopic (exact) mass is 378 g/mol. The van der Waals surface area contributed by atoms with Crippen molar-refractivity contribution in [3.05, 3.63) is 65.4 Å². The zero-order valence-corrected chi connectivity index (χ0v) is 16.6. The minimum atomic E-state index is -0.953. The molecule has 0 saturated heterocycles. The van der Waals surface area contributed by atoms with Gasteiger partial charge in [0.2, 0.25) is 0 Å². The van der Waals surface area contributed by atoms with Crippen LogP contribution in [0.3, 0.4) is 0 Å². The lowest BCUT2D eigenvalue weighted by molar-refractivity contribution is 0.0697. The fourth-order valence-electron chi connectivity index (χ4n) is 3.16. The van der Waals surface area contributed by atoms with Crippen molar-refractivity contribution in [3.8, 4) is 11.3 Å². The average molecular weight is 378 g/mol. The van der Waals surface area contributed by atoms with Crippen LogP contribution in [-0.4, -0.2) is 30.8 Å². The van der Waals surface area contributed by atoms with Crippen LogP contribution in [-0.2, 0) is 19.4 Å². The van der Waals surface area contributed by atoms with Gasteiger partial charge in [0.05, 0.1) is 17.8 Å². The number of carboxylic acids is 1. The Morgan fingerprint density at radius 2 is 1.96 bits per heavy atom. The second-order valence-corrected chi connectivity index (χ2v) is 7.35. The fourth-order valence-corrected chi connectivity index (χ4v) is 3.16. The third kappa shape index (κ3) is 4.63. The van der Waals surface area contributed by atoms with E-state index in [2.05, 4.69) is 30.9 Å². The van der Waals surface area contributed by atoms with Gasteiger partial charge >= 0.3 is 5.97 Å². The minimum Gasteiger partial charge on any atom is -0.478 e. The lowest BCUT2D eigenvalue weighted by Crippen LogP contribution is -2.08. The van der Waals surface area contributed by atoms with E-state index in [9.17, 15) is 9.90 Å². The smallest absolute Gasteiger partial charge is 0.336 e. The molecule has 0 aliphatic rings. The standard InChI is InChI=1S/C22H26N4O2/c1-4-7-21-24-20(12-15(2)3)25-26(21)14-16-10-11-19(23-13-16)17-8-5-6-9-18(17)22(27)28/h5-6,8-11,13,15H,4,7,12,14H2,1-3H3,(H,27,28). The van der Waals surface area contributed by atoms with Crippen molar-refractivity contribution in [3.63, 3.8) is 0 Å². The van der Waals surface area contributed by atoms with E-state index in [1.807, 2.05) is 22.9 Å². The van der Waals surface area contributed by atoms with Crippen LogP contribution in [0, 0.1) is 5.92 Å². The highest BCUT2D eigenvalue weighted by Gasteiger charge is 2.13. The number of aromatic nitrogens is 4. The predicted molar refractivity (Wildman–Crippen MR) is 108 cm³/mol. The van der Waals surface area contributed by atoms with Crippen molar-refractivity contribution in [2.75, 3.05) is 0 Å². The van der Waals surface area contributed by atoms with Crippen LogP contribution < -0.4 is 0 Å². The third-order valence-electron chi connectivity index (χ3n) is 4.45. The molecule has 0 aliphatic heterocycles. The Kier molecular flexibility index (Phi) is 6.19. The molecule has 28 heavy (non-hydrogen) atoms. The molecule has 0 aliphatic carbocycles. The van der Waals surface area contributed by atoms with E-state index in [4.69, 9.17) is 4.98 Å². The highest BCUT2D eigenvalue weighted by atomic mass is 16.4. The Hall–Kier alpha value is -3.02. The molecule has 3 aromatic rings. The van der Waals surface area contributed by atoms with Gasteiger partial charge in [-0.05, 0) is 30.0 Å². The second kappa shape index (κ2) is 8.78. The van der Waals surface area contributed by atoms with E-state index in [0.717, 1.165) is 36.5 Å². The van der Waals surface area contributed by atoms with E-state index in [-0.39, 0.29) is 5.56 Å². The molecular weight excluding hydrogens is 352 g/mol. The Labute approximate surface area is 165 Å². The van der Waals surface area contributed by atoms with Crippen molar-refractivity contribution < 1.29 is 9.90 Å². The molecule has 2 heterocycles. The molecule has 0 bridgehead atoms. The Morgan fingerprint density at radius 1 is 1.18 bits per heavy atom. The number of benzene rings is 1. The van der Waals surface area contributed by atoms with Crippen LogP contribution in [0.2, 0.25) is 0 Å². The van der Waals surface area contributed by atoms with Crippen LogP contribution in [0.4, 0.5) is 0 Å². The number of nitrogens with zero attached hydrogens (tertiary/aromatic N) is 4. The van der Waals surface area contributed by atoms with Crippen molar-refractivity contribution >= 4 is 5.97 Å². The molecule has 0 radical (unpaired) electrons. The number of rotatable bonds is 8. The van der Waals surface area contributed by atoms with Crippen molar-refractivity contribution in [1.82, 2.24) is 19.7 Å². The summed E-state index contributed by atoms with van der Waals surface area (Å²) in [4.78, 5) is 20.6. The van der Waals surface area contributed by atoms with Crippen LogP contribution in [0.5, 0.6) is 0 Å². The quantitative estimate of drug-likeness (QED) is 0.634. The highest BCUT2D eigenvalue weighted by molar-refractivity contribution is 5.95. The lowest BCUT2D eigenvalue weighted by Gasteiger charge is -2.08. The van der Waals surface area contributed by atoms with Gasteiger partial charge in [-0.25, -0.2) is 14.5 Å². The molecular formula is C22H26N4O2. The van der Waals surface area contributed by atoms with E-state index in [1.165, 1.54) is 0 Å². The maximum atomic E-state index is 11.4. The topological polar surface area (TPSA) is 80.9 Å². The molecule has 0 spiro atoms. The molecule has 0 saturated carbocycles. The maximum absolute atomic E-state index is 11.4. The van der Waals surface area contributed by atoms with Gasteiger partial charge in [0.1, 0.15) is 5.82 Å². The first-order valence-electron chi connectivity index (χ1n) is 9.68. The molecule has 1 aromatic carbocycles. The van der Waals surface area contributed by atoms with Gasteiger partial charge in [-0.15, -0.1) is 0 Å². The molecule has 0 unspecified atom stereocenters. The number of pyridine rings is 1. The van der Waals surface area contributed by atoms with Gasteiger partial charge in [-0.1, -0.05) is 45.0 Å². The number of carboxylic acid groups (broad SMARTS) is 1. The van der Waals surface area contributed by atoms with Crippen LogP contribution in [0.1, 0.15) is 54.8 Å². The minimum absolute atomic E-state index is 0.252. The van der Waals surface area contributed by atoms with E-state index in [1.54, 1.807) is 24.4 Å². The van der Waals surface area contributed by atoms with Gasteiger partial charge in [0.25, 0.3) is 0 Å². The summed E-state index contributed by atoms with van der Waals surface area (Å²) in [6, 6.07) is 10.7. The predicted octanol–water partition coefficient (Wildman–Crippen LogP) is 4.24. The van der Waals surface area contributed by atoms with Crippen molar-refractivity contribution in [2.45, 2.75) is 46.6 Å². The molecule has 6 heteroatoms. The van der Waals surface area contributed by atoms with E-state index in [0.29, 0.717) is 23.7 Å². The number of hydrogen-bond acceptors (Lipinski definition) is 4. The number of aromatic carboxylic acids is 1. The summed E-state index contributed by atoms with van der Waals surface area (Å²) in [5.41, 5.74) is 2.53. The Morgan fingerprint density at radius 3 is 2.61 bits per heavy atom. The van der Waals surface area contributed by atoms with Gasteiger partial charge in [-0.3, -0.25) is 4.98 Å². The maximum Gasteiger partial charge on any atom is 0.336 e. The molecule has 3 rings (SSSR count). The van der Waals surface area contributed by atoms with Crippen LogP contribution in [0.15, 0.2) is 42.6 Å². The SMILES string of the molecule is CCCc1nc(CC(C)C)nn1Cc1ccc(-c2ccccc2C(=O)O)nc1. The first-order chi connectivity index (χ1) is 13.5. The van der Waals surface area contributed by atoms with Crippen molar-refractivity contribution in [1.29, 1.82) is 0 Å². The Balaban J connectivity index is 1.83. The molecule has 2 aromatic heterocycles. The van der Waals surface area contributed by atoms with Crippen LogP contribution in [0.25, 0.3) is 11.3 Å². The highest BCUT2D eigenvalue weighted by Crippen LogP contribution is 2.22. The zero-order valence-electron chi connectivity index (χ0n) is 16.6. The van der Waals surface area contributed by atoms with E-state index >= 15 is 0 Å². The first kappa shape index (κ1) is 19.7. The first-order valence-corrected chi connectivity index (χ1v) is 9.68. The summed E-state index contributed by atoms with van der Waals surface area (Å²) in [5, 5.41) is 14.1. The molecule has 146 valence electrons. The largest absolute Gasteiger partial charge is 0.478 e. The molecule has 0 fully saturated rings. The number of hydrogen-bond donors (Lipinski definition) is 1. The van der Waals surface area contributed by atoms with Gasteiger partial charge < -0.3 is 5.11 Å². The zero-order chi connectivity index (χ0) is 20.1. The molecule has 1 N–H and O–H groups in total. The third-order valence-corrected chi connectivity index (χ3v) is 4.45. The van der Waals surface area contributed by atoms with Crippen molar-refractivity contribution in [2.24, 2.45) is 5.92 Å². The average Bonchev–Trinajstić information content (AvgIpc) is 3.03.